The van der Waals surface area contributed by atoms with Gasteiger partial charge in [-0.05, 0) is 25.0 Å². The lowest BCUT2D eigenvalue weighted by atomic mass is 10.0. The molecule has 7 nitrogen and oxygen atoms in total. The van der Waals surface area contributed by atoms with E-state index in [1.54, 1.807) is 0 Å². The van der Waals surface area contributed by atoms with E-state index in [-0.39, 0.29) is 0 Å². The number of hydrazone groups is 1. The summed E-state index contributed by atoms with van der Waals surface area (Å²) in [5.74, 6) is 0. The normalized spacial score (nSPS) is 26.1. The molecule has 0 bridgehead atoms. The molecular formula is C16H20N6O. The minimum Gasteiger partial charge on any atom is -0.381 e. The molecule has 4 aliphatic heterocycles. The first-order valence-electron chi connectivity index (χ1n) is 8.13. The molecule has 120 valence electrons. The highest BCUT2D eigenvalue weighted by atomic mass is 16.5. The summed E-state index contributed by atoms with van der Waals surface area (Å²) in [6, 6.07) is 0.485. The van der Waals surface area contributed by atoms with Crippen LogP contribution in [0.5, 0.6) is 0 Å². The van der Waals surface area contributed by atoms with Gasteiger partial charge in [-0.25, -0.2) is 0 Å². The van der Waals surface area contributed by atoms with E-state index in [0.29, 0.717) is 6.04 Å². The first-order valence-corrected chi connectivity index (χ1v) is 8.13. The van der Waals surface area contributed by atoms with Crippen LogP contribution in [0, 0.1) is 0 Å². The summed E-state index contributed by atoms with van der Waals surface area (Å²) >= 11 is 0. The van der Waals surface area contributed by atoms with E-state index in [1.807, 2.05) is 13.2 Å². The number of allylic oxidation sites excluding steroid dienone is 2. The lowest BCUT2D eigenvalue weighted by molar-refractivity contribution is 0.0406. The highest BCUT2D eigenvalue weighted by Crippen LogP contribution is 2.37. The second-order valence-corrected chi connectivity index (χ2v) is 6.37. The first-order chi connectivity index (χ1) is 11.3. The van der Waals surface area contributed by atoms with Gasteiger partial charge in [-0.15, -0.1) is 0 Å². The fourth-order valence-electron chi connectivity index (χ4n) is 3.78. The largest absolute Gasteiger partial charge is 0.381 e. The van der Waals surface area contributed by atoms with Crippen molar-refractivity contribution >= 4 is 5.71 Å². The second kappa shape index (κ2) is 4.79. The zero-order valence-corrected chi connectivity index (χ0v) is 13.1. The molecule has 0 aromatic carbocycles. The minimum absolute atomic E-state index is 0.485. The van der Waals surface area contributed by atoms with Crippen LogP contribution < -0.4 is 16.3 Å². The van der Waals surface area contributed by atoms with Crippen LogP contribution in [-0.2, 0) is 4.74 Å². The topological polar surface area (TPSA) is 64.2 Å². The Balaban J connectivity index is 1.55. The average Bonchev–Trinajstić information content (AvgIpc) is 3.12. The molecule has 23 heavy (non-hydrogen) atoms. The Kier molecular flexibility index (Phi) is 2.72. The molecule has 4 heterocycles. The maximum Gasteiger partial charge on any atom is 0.0904 e. The second-order valence-electron chi connectivity index (χ2n) is 6.37. The van der Waals surface area contributed by atoms with Crippen molar-refractivity contribution < 1.29 is 4.74 Å². The Labute approximate surface area is 135 Å². The molecule has 2 fully saturated rings. The Hall–Kier alpha value is -2.41. The molecule has 0 unspecified atom stereocenters. The number of hydrazine groups is 2. The van der Waals surface area contributed by atoms with Crippen LogP contribution in [0.25, 0.3) is 0 Å². The highest BCUT2D eigenvalue weighted by Gasteiger charge is 2.37. The monoisotopic (exact) mass is 312 g/mol. The minimum atomic E-state index is 0.485. The van der Waals surface area contributed by atoms with Crippen molar-refractivity contribution in [1.29, 1.82) is 0 Å². The summed E-state index contributed by atoms with van der Waals surface area (Å²) in [6.45, 7) is 2.54. The number of nitrogens with one attached hydrogen (secondary N) is 3. The highest BCUT2D eigenvalue weighted by molar-refractivity contribution is 6.11. The Morgan fingerprint density at radius 1 is 1.26 bits per heavy atom. The summed E-state index contributed by atoms with van der Waals surface area (Å²) in [5, 5.41) is 9.19. The molecule has 2 saturated heterocycles. The van der Waals surface area contributed by atoms with Crippen molar-refractivity contribution in [3.8, 4) is 0 Å². The molecule has 0 saturated carbocycles. The maximum atomic E-state index is 5.48. The van der Waals surface area contributed by atoms with Crippen molar-refractivity contribution in [3.63, 3.8) is 0 Å². The van der Waals surface area contributed by atoms with Gasteiger partial charge in [-0.1, -0.05) is 0 Å². The zero-order valence-electron chi connectivity index (χ0n) is 13.1. The van der Waals surface area contributed by atoms with Gasteiger partial charge in [-0.2, -0.15) is 5.10 Å². The van der Waals surface area contributed by atoms with Gasteiger partial charge in [0.25, 0.3) is 0 Å². The molecule has 0 radical (unpaired) electrons. The molecule has 7 heteroatoms. The van der Waals surface area contributed by atoms with Gasteiger partial charge in [0.1, 0.15) is 0 Å². The van der Waals surface area contributed by atoms with Gasteiger partial charge in [-0.3, -0.25) is 15.4 Å². The lowest BCUT2D eigenvalue weighted by Gasteiger charge is -2.29. The van der Waals surface area contributed by atoms with Crippen molar-refractivity contribution in [1.82, 2.24) is 26.3 Å². The quantitative estimate of drug-likeness (QED) is 0.648. The third-order valence-electron chi connectivity index (χ3n) is 5.02. The van der Waals surface area contributed by atoms with E-state index >= 15 is 0 Å². The Morgan fingerprint density at radius 2 is 2.13 bits per heavy atom. The number of hydrogen-bond acceptors (Lipinski definition) is 7. The molecule has 0 aromatic rings. The van der Waals surface area contributed by atoms with Crippen molar-refractivity contribution in [2.45, 2.75) is 18.9 Å². The molecule has 5 rings (SSSR count). The van der Waals surface area contributed by atoms with Gasteiger partial charge in [0.15, 0.2) is 0 Å². The van der Waals surface area contributed by atoms with Gasteiger partial charge >= 0.3 is 0 Å². The number of rotatable bonds is 1. The van der Waals surface area contributed by atoms with Crippen LogP contribution in [0.1, 0.15) is 12.8 Å². The van der Waals surface area contributed by atoms with Crippen LogP contribution in [0.4, 0.5) is 0 Å². The standard InChI is InChI=1S/C16H20N6O/c1-21-14-8-17-18-13-3-2-12-11(16(20-21)15(13)14)9-22(19-12)10-4-6-23-7-5-10/h2-3,8,10,17-18,20H,4-7,9H2,1H3. The van der Waals surface area contributed by atoms with E-state index in [2.05, 4.69) is 38.4 Å². The Bertz CT molecular complexity index is 710. The molecular weight excluding hydrogens is 292 g/mol. The number of likely N-dealkylation sites (N-methyl/N-ethyl adjacent to an activating group) is 1. The summed E-state index contributed by atoms with van der Waals surface area (Å²) in [6.07, 6.45) is 8.32. The summed E-state index contributed by atoms with van der Waals surface area (Å²) in [7, 11) is 2.04. The predicted molar refractivity (Wildman–Crippen MR) is 86.4 cm³/mol. The van der Waals surface area contributed by atoms with Gasteiger partial charge in [0.05, 0.1) is 41.0 Å². The van der Waals surface area contributed by atoms with Crippen LogP contribution in [0.3, 0.4) is 0 Å². The van der Waals surface area contributed by atoms with Crippen molar-refractivity contribution in [2.24, 2.45) is 5.10 Å². The summed E-state index contributed by atoms with van der Waals surface area (Å²) in [4.78, 5) is 0. The summed E-state index contributed by atoms with van der Waals surface area (Å²) in [5.41, 5.74) is 16.8. The molecule has 0 spiro atoms. The van der Waals surface area contributed by atoms with Crippen LogP contribution in [0.2, 0.25) is 0 Å². The number of nitrogens with zero attached hydrogens (tertiary/aromatic N) is 3. The molecule has 0 amide bonds. The van der Waals surface area contributed by atoms with Crippen molar-refractivity contribution in [3.05, 3.63) is 46.6 Å². The number of fused-ring (bicyclic) bond motifs is 1. The number of hydrogen-bond donors (Lipinski definition) is 3. The van der Waals surface area contributed by atoms with Crippen molar-refractivity contribution in [2.75, 3.05) is 26.8 Å². The van der Waals surface area contributed by atoms with E-state index < -0.39 is 0 Å². The van der Waals surface area contributed by atoms with E-state index in [4.69, 9.17) is 9.84 Å². The molecule has 0 aromatic heterocycles. The molecule has 5 aliphatic rings. The first kappa shape index (κ1) is 13.1. The van der Waals surface area contributed by atoms with E-state index in [0.717, 1.165) is 49.7 Å². The average molecular weight is 312 g/mol. The Morgan fingerprint density at radius 3 is 3.00 bits per heavy atom. The SMILES string of the molecule is CN1NC2=C3CN(C4CCOCC4)N=C3C=CC3=C2C1=CNN3. The van der Waals surface area contributed by atoms with Crippen LogP contribution in [0.15, 0.2) is 51.7 Å². The predicted octanol–water partition coefficient (Wildman–Crippen LogP) is 0.314. The third-order valence-corrected chi connectivity index (χ3v) is 5.02. The fraction of sp³-hybridized carbons (Fsp3) is 0.438. The van der Waals surface area contributed by atoms with Gasteiger partial charge < -0.3 is 15.6 Å². The van der Waals surface area contributed by atoms with E-state index in [1.165, 1.54) is 16.8 Å². The molecule has 1 aliphatic carbocycles. The molecule has 3 N–H and O–H groups in total. The van der Waals surface area contributed by atoms with Gasteiger partial charge in [0, 0.05) is 32.0 Å². The van der Waals surface area contributed by atoms with Crippen LogP contribution >= 0.6 is 0 Å². The van der Waals surface area contributed by atoms with E-state index in [9.17, 15) is 0 Å². The lowest BCUT2D eigenvalue weighted by Crippen LogP contribution is -2.35. The summed E-state index contributed by atoms with van der Waals surface area (Å²) < 4.78 is 5.48. The zero-order chi connectivity index (χ0) is 15.4. The van der Waals surface area contributed by atoms with Gasteiger partial charge in [0.2, 0.25) is 0 Å². The third kappa shape index (κ3) is 1.89. The van der Waals surface area contributed by atoms with Crippen LogP contribution in [-0.4, -0.2) is 48.6 Å². The maximum absolute atomic E-state index is 5.48. The number of ether oxygens (including phenoxy) is 1. The molecule has 0 atom stereocenters. The fourth-order valence-corrected chi connectivity index (χ4v) is 3.78. The smallest absolute Gasteiger partial charge is 0.0904 e.